The molecule has 1 aromatic carbocycles. The second-order valence-electron chi connectivity index (χ2n) is 3.81. The normalized spacial score (nSPS) is 11.3. The molecule has 21 heavy (non-hydrogen) atoms. The number of benzene rings is 1. The third-order valence-corrected chi connectivity index (χ3v) is 2.11. The number of alkyl halides is 3. The Labute approximate surface area is 114 Å². The Morgan fingerprint density at radius 1 is 1.29 bits per heavy atom. The molecule has 0 aliphatic rings. The molecule has 1 rings (SSSR count). The topological polar surface area (TPSA) is 84.3 Å². The van der Waals surface area contributed by atoms with Crippen LogP contribution in [0.3, 0.4) is 0 Å². The number of hydrogen-bond acceptors (Lipinski definition) is 4. The lowest BCUT2D eigenvalue weighted by Gasteiger charge is -2.09. The van der Waals surface area contributed by atoms with Crippen LogP contribution in [0.5, 0.6) is 0 Å². The Morgan fingerprint density at radius 2 is 1.90 bits per heavy atom. The maximum atomic E-state index is 13.4. The van der Waals surface area contributed by atoms with Gasteiger partial charge in [-0.05, 0) is 0 Å². The average molecular weight is 313 g/mol. The van der Waals surface area contributed by atoms with Gasteiger partial charge in [0.25, 0.3) is 5.69 Å². The van der Waals surface area contributed by atoms with Gasteiger partial charge in [0.2, 0.25) is 5.91 Å². The van der Waals surface area contributed by atoms with Crippen molar-refractivity contribution in [2.24, 2.45) is 0 Å². The first-order chi connectivity index (χ1) is 9.60. The van der Waals surface area contributed by atoms with Crippen molar-refractivity contribution >= 4 is 17.3 Å². The lowest BCUT2D eigenvalue weighted by atomic mass is 10.2. The molecule has 0 heterocycles. The maximum absolute atomic E-state index is 13.4. The molecule has 11 heteroatoms. The maximum Gasteiger partial charge on any atom is 0.401 e. The molecule has 0 aliphatic heterocycles. The van der Waals surface area contributed by atoms with Crippen molar-refractivity contribution < 1.29 is 31.7 Å². The first-order valence-electron chi connectivity index (χ1n) is 5.31. The molecule has 0 fully saturated rings. The molecule has 0 saturated carbocycles. The van der Waals surface area contributed by atoms with E-state index in [0.717, 1.165) is 0 Å². The van der Waals surface area contributed by atoms with Crippen LogP contribution in [-0.2, 0) is 4.79 Å². The van der Waals surface area contributed by atoms with E-state index in [1.54, 1.807) is 10.6 Å². The number of carbonyl (C=O) groups is 1. The van der Waals surface area contributed by atoms with E-state index in [9.17, 15) is 36.9 Å². The zero-order valence-corrected chi connectivity index (χ0v) is 10.1. The first kappa shape index (κ1) is 16.8. The number of nitro benzene ring substituents is 1. The van der Waals surface area contributed by atoms with Crippen molar-refractivity contribution in [3.8, 4) is 0 Å². The summed E-state index contributed by atoms with van der Waals surface area (Å²) in [4.78, 5) is 20.8. The number of anilines is 1. The molecule has 0 unspecified atom stereocenters. The number of nitrogens with zero attached hydrogens (tertiary/aromatic N) is 1. The molecule has 0 atom stereocenters. The van der Waals surface area contributed by atoms with Gasteiger partial charge < -0.3 is 10.6 Å². The summed E-state index contributed by atoms with van der Waals surface area (Å²) in [6.45, 7) is -2.32. The van der Waals surface area contributed by atoms with Gasteiger partial charge in [0.15, 0.2) is 11.5 Å². The van der Waals surface area contributed by atoms with Gasteiger partial charge in [0.05, 0.1) is 24.1 Å². The summed E-state index contributed by atoms with van der Waals surface area (Å²) < 4.78 is 61.7. The molecule has 6 nitrogen and oxygen atoms in total. The Hall–Kier alpha value is -2.30. The van der Waals surface area contributed by atoms with Gasteiger partial charge >= 0.3 is 6.18 Å². The van der Waals surface area contributed by atoms with Gasteiger partial charge in [0.1, 0.15) is 5.82 Å². The summed E-state index contributed by atoms with van der Waals surface area (Å²) in [6.07, 6.45) is -4.55. The smallest absolute Gasteiger partial charge is 0.317 e. The van der Waals surface area contributed by atoms with E-state index in [2.05, 4.69) is 0 Å². The first-order valence-corrected chi connectivity index (χ1v) is 5.31. The highest BCUT2D eigenvalue weighted by Gasteiger charge is 2.27. The van der Waals surface area contributed by atoms with Crippen molar-refractivity contribution in [2.75, 3.05) is 18.4 Å². The average Bonchev–Trinajstić information content (AvgIpc) is 2.30. The summed E-state index contributed by atoms with van der Waals surface area (Å²) >= 11 is 0. The minimum absolute atomic E-state index is 0.297. The van der Waals surface area contributed by atoms with Gasteiger partial charge in [-0.3, -0.25) is 14.9 Å². The molecule has 2 N–H and O–H groups in total. The molecule has 0 aromatic heterocycles. The second-order valence-corrected chi connectivity index (χ2v) is 3.81. The SMILES string of the molecule is O=C(CNCC(F)(F)F)Nc1c(F)cc(F)cc1[N+](=O)[O-]. The molecule has 0 spiro atoms. The van der Waals surface area contributed by atoms with Crippen LogP contribution in [0.25, 0.3) is 0 Å². The van der Waals surface area contributed by atoms with E-state index in [1.165, 1.54) is 0 Å². The van der Waals surface area contributed by atoms with E-state index < -0.39 is 53.1 Å². The zero-order chi connectivity index (χ0) is 16.2. The van der Waals surface area contributed by atoms with Crippen LogP contribution in [0.2, 0.25) is 0 Å². The van der Waals surface area contributed by atoms with Crippen LogP contribution >= 0.6 is 0 Å². The largest absolute Gasteiger partial charge is 0.401 e. The molecule has 1 amide bonds. The highest BCUT2D eigenvalue weighted by atomic mass is 19.4. The molecule has 0 aliphatic carbocycles. The van der Waals surface area contributed by atoms with Gasteiger partial charge in [-0.15, -0.1) is 0 Å². The number of hydrogen-bond donors (Lipinski definition) is 2. The van der Waals surface area contributed by atoms with Crippen LogP contribution in [0.15, 0.2) is 12.1 Å². The zero-order valence-electron chi connectivity index (χ0n) is 10.1. The van der Waals surface area contributed by atoms with Crippen molar-refractivity contribution in [3.63, 3.8) is 0 Å². The van der Waals surface area contributed by atoms with E-state index in [0.29, 0.717) is 12.1 Å². The van der Waals surface area contributed by atoms with Crippen LogP contribution in [0.4, 0.5) is 33.3 Å². The fourth-order valence-corrected chi connectivity index (χ4v) is 1.33. The van der Waals surface area contributed by atoms with Crippen molar-refractivity contribution in [3.05, 3.63) is 33.9 Å². The molecular formula is C10H8F5N3O3. The Morgan fingerprint density at radius 3 is 2.43 bits per heavy atom. The number of nitro groups is 1. The highest BCUT2D eigenvalue weighted by molar-refractivity contribution is 5.94. The van der Waals surface area contributed by atoms with Gasteiger partial charge in [-0.25, -0.2) is 8.78 Å². The van der Waals surface area contributed by atoms with E-state index in [1.807, 2.05) is 0 Å². The van der Waals surface area contributed by atoms with Crippen LogP contribution in [0.1, 0.15) is 0 Å². The highest BCUT2D eigenvalue weighted by Crippen LogP contribution is 2.28. The molecule has 1 aromatic rings. The Balaban J connectivity index is 2.79. The monoisotopic (exact) mass is 313 g/mol. The summed E-state index contributed by atoms with van der Waals surface area (Å²) in [7, 11) is 0. The molecule has 0 saturated heterocycles. The van der Waals surface area contributed by atoms with Crippen molar-refractivity contribution in [2.45, 2.75) is 6.18 Å². The van der Waals surface area contributed by atoms with E-state index in [-0.39, 0.29) is 0 Å². The van der Waals surface area contributed by atoms with Gasteiger partial charge in [-0.2, -0.15) is 13.2 Å². The van der Waals surface area contributed by atoms with Gasteiger partial charge in [-0.1, -0.05) is 0 Å². The van der Waals surface area contributed by atoms with Crippen LogP contribution < -0.4 is 10.6 Å². The van der Waals surface area contributed by atoms with Crippen LogP contribution in [0, 0.1) is 21.7 Å². The molecule has 0 radical (unpaired) electrons. The Bertz CT molecular complexity index is 562. The Kier molecular flexibility index (Phi) is 5.13. The summed E-state index contributed by atoms with van der Waals surface area (Å²) in [6, 6.07) is 0.674. The molecular weight excluding hydrogens is 305 g/mol. The van der Waals surface area contributed by atoms with Gasteiger partial charge in [0, 0.05) is 6.07 Å². The van der Waals surface area contributed by atoms with E-state index in [4.69, 9.17) is 0 Å². The number of nitrogens with one attached hydrogen (secondary N) is 2. The number of amides is 1. The lowest BCUT2D eigenvalue weighted by Crippen LogP contribution is -2.35. The fraction of sp³-hybridized carbons (Fsp3) is 0.300. The minimum Gasteiger partial charge on any atom is -0.317 e. The summed E-state index contributed by atoms with van der Waals surface area (Å²) in [5.74, 6) is -3.79. The second kappa shape index (κ2) is 6.43. The van der Waals surface area contributed by atoms with Crippen molar-refractivity contribution in [1.29, 1.82) is 0 Å². The lowest BCUT2D eigenvalue weighted by molar-refractivity contribution is -0.384. The molecule has 116 valence electrons. The van der Waals surface area contributed by atoms with E-state index >= 15 is 0 Å². The predicted molar refractivity (Wildman–Crippen MR) is 60.6 cm³/mol. The number of rotatable bonds is 5. The summed E-state index contributed by atoms with van der Waals surface area (Å²) in [5, 5.41) is 14.1. The minimum atomic E-state index is -4.55. The standard InChI is InChI=1S/C10H8F5N3O3/c11-5-1-6(12)9(7(2-5)18(20)21)17-8(19)3-16-4-10(13,14)15/h1-2,16H,3-4H2,(H,17,19). The quantitative estimate of drug-likeness (QED) is 0.494. The third-order valence-electron chi connectivity index (χ3n) is 2.11. The van der Waals surface area contributed by atoms with Crippen LogP contribution in [-0.4, -0.2) is 30.1 Å². The van der Waals surface area contributed by atoms with Crippen molar-refractivity contribution in [1.82, 2.24) is 5.32 Å². The predicted octanol–water partition coefficient (Wildman–Crippen LogP) is 1.96. The third kappa shape index (κ3) is 5.30. The number of carbonyl (C=O) groups excluding carboxylic acids is 1. The molecule has 0 bridgehead atoms. The fourth-order valence-electron chi connectivity index (χ4n) is 1.33. The number of halogens is 5. The summed E-state index contributed by atoms with van der Waals surface area (Å²) in [5.41, 5.74) is -1.96.